The topological polar surface area (TPSA) is 46.9 Å². The van der Waals surface area contributed by atoms with Crippen LogP contribution < -0.4 is 5.32 Å². The van der Waals surface area contributed by atoms with Crippen LogP contribution >= 0.6 is 11.6 Å². The number of aromatic nitrogens is 2. The fraction of sp³-hybridized carbons (Fsp3) is 0.0588. The van der Waals surface area contributed by atoms with Crippen molar-refractivity contribution in [1.29, 1.82) is 0 Å². The van der Waals surface area contributed by atoms with Crippen molar-refractivity contribution >= 4 is 23.2 Å². The van der Waals surface area contributed by atoms with Gasteiger partial charge in [0.15, 0.2) is 0 Å². The maximum absolute atomic E-state index is 12.9. The Bertz CT molecular complexity index is 859. The van der Waals surface area contributed by atoms with Crippen LogP contribution in [0.25, 0.3) is 5.69 Å². The molecule has 0 radical (unpaired) electrons. The third kappa shape index (κ3) is 3.40. The molecule has 0 saturated heterocycles. The molecule has 3 rings (SSSR count). The maximum Gasteiger partial charge on any atom is 0.258 e. The fourth-order valence-electron chi connectivity index (χ4n) is 2.05. The highest BCUT2D eigenvalue weighted by molar-refractivity contribution is 6.31. The molecule has 0 bridgehead atoms. The second kappa shape index (κ2) is 6.22. The molecule has 116 valence electrons. The molecule has 0 saturated carbocycles. The standard InChI is InChI=1S/C17H13ClFN3O/c1-11-2-5-14(8-16(11)18)21-17(23)12-9-20-22(10-12)15-6-3-13(19)4-7-15/h2-10H,1H3,(H,21,23). The molecule has 1 amide bonds. The van der Waals surface area contributed by atoms with E-state index in [0.29, 0.717) is 22.0 Å². The largest absolute Gasteiger partial charge is 0.322 e. The lowest BCUT2D eigenvalue weighted by Crippen LogP contribution is -2.11. The van der Waals surface area contributed by atoms with E-state index >= 15 is 0 Å². The number of hydrogen-bond acceptors (Lipinski definition) is 2. The third-order valence-electron chi connectivity index (χ3n) is 3.37. The molecular weight excluding hydrogens is 317 g/mol. The molecule has 0 atom stereocenters. The molecule has 0 fully saturated rings. The quantitative estimate of drug-likeness (QED) is 0.781. The van der Waals surface area contributed by atoms with Gasteiger partial charge in [0.25, 0.3) is 5.91 Å². The third-order valence-corrected chi connectivity index (χ3v) is 3.77. The van der Waals surface area contributed by atoms with Crippen molar-refractivity contribution in [2.75, 3.05) is 5.32 Å². The Kier molecular flexibility index (Phi) is 4.12. The Hall–Kier alpha value is -2.66. The summed E-state index contributed by atoms with van der Waals surface area (Å²) >= 11 is 6.04. The van der Waals surface area contributed by atoms with Crippen LogP contribution in [0.5, 0.6) is 0 Å². The predicted molar refractivity (Wildman–Crippen MR) is 87.7 cm³/mol. The van der Waals surface area contributed by atoms with Gasteiger partial charge in [0.2, 0.25) is 0 Å². The monoisotopic (exact) mass is 329 g/mol. The van der Waals surface area contributed by atoms with Crippen LogP contribution in [-0.4, -0.2) is 15.7 Å². The van der Waals surface area contributed by atoms with E-state index in [0.717, 1.165) is 5.56 Å². The minimum Gasteiger partial charge on any atom is -0.322 e. The first kappa shape index (κ1) is 15.2. The van der Waals surface area contributed by atoms with Gasteiger partial charge in [-0.1, -0.05) is 17.7 Å². The molecule has 0 unspecified atom stereocenters. The Morgan fingerprint density at radius 3 is 2.65 bits per heavy atom. The van der Waals surface area contributed by atoms with Gasteiger partial charge in [0, 0.05) is 16.9 Å². The van der Waals surface area contributed by atoms with Gasteiger partial charge < -0.3 is 5.32 Å². The van der Waals surface area contributed by atoms with Crippen molar-refractivity contribution in [3.63, 3.8) is 0 Å². The molecule has 0 aliphatic rings. The van der Waals surface area contributed by atoms with Crippen LogP contribution in [0.2, 0.25) is 5.02 Å². The summed E-state index contributed by atoms with van der Waals surface area (Å²) in [6, 6.07) is 11.2. The molecular formula is C17H13ClFN3O. The van der Waals surface area contributed by atoms with E-state index in [1.54, 1.807) is 30.5 Å². The van der Waals surface area contributed by atoms with Crippen molar-refractivity contribution in [2.45, 2.75) is 6.92 Å². The van der Waals surface area contributed by atoms with Crippen LogP contribution in [0.1, 0.15) is 15.9 Å². The van der Waals surface area contributed by atoms with E-state index in [-0.39, 0.29) is 11.7 Å². The molecule has 6 heteroatoms. The van der Waals surface area contributed by atoms with E-state index < -0.39 is 0 Å². The van der Waals surface area contributed by atoms with Crippen molar-refractivity contribution in [3.05, 3.63) is 76.8 Å². The normalized spacial score (nSPS) is 10.6. The van der Waals surface area contributed by atoms with Crippen molar-refractivity contribution in [3.8, 4) is 5.69 Å². The average molecular weight is 330 g/mol. The van der Waals surface area contributed by atoms with E-state index in [1.807, 2.05) is 13.0 Å². The number of rotatable bonds is 3. The summed E-state index contributed by atoms with van der Waals surface area (Å²) in [6.45, 7) is 1.89. The van der Waals surface area contributed by atoms with Gasteiger partial charge in [-0.15, -0.1) is 0 Å². The first-order chi connectivity index (χ1) is 11.0. The maximum atomic E-state index is 12.9. The van der Waals surface area contributed by atoms with Gasteiger partial charge in [-0.3, -0.25) is 4.79 Å². The molecule has 3 aromatic rings. The second-order valence-electron chi connectivity index (χ2n) is 5.07. The molecule has 0 spiro atoms. The lowest BCUT2D eigenvalue weighted by atomic mass is 10.2. The van der Waals surface area contributed by atoms with Crippen LogP contribution in [0.15, 0.2) is 54.9 Å². The molecule has 1 heterocycles. The summed E-state index contributed by atoms with van der Waals surface area (Å²) in [5, 5.41) is 7.47. The predicted octanol–water partition coefficient (Wildman–Crippen LogP) is 4.23. The van der Waals surface area contributed by atoms with Crippen LogP contribution in [0, 0.1) is 12.7 Å². The minimum absolute atomic E-state index is 0.293. The second-order valence-corrected chi connectivity index (χ2v) is 5.48. The van der Waals surface area contributed by atoms with E-state index in [9.17, 15) is 9.18 Å². The van der Waals surface area contributed by atoms with Crippen molar-refractivity contribution in [2.24, 2.45) is 0 Å². The lowest BCUT2D eigenvalue weighted by molar-refractivity contribution is 0.102. The molecule has 1 N–H and O–H groups in total. The van der Waals surface area contributed by atoms with Crippen molar-refractivity contribution in [1.82, 2.24) is 9.78 Å². The smallest absolute Gasteiger partial charge is 0.258 e. The summed E-state index contributed by atoms with van der Waals surface area (Å²) in [4.78, 5) is 12.2. The summed E-state index contributed by atoms with van der Waals surface area (Å²) in [6.07, 6.45) is 3.03. The number of nitrogens with zero attached hydrogens (tertiary/aromatic N) is 2. The number of carbonyl (C=O) groups is 1. The number of halogens is 2. The molecule has 4 nitrogen and oxygen atoms in total. The van der Waals surface area contributed by atoms with Gasteiger partial charge in [0.05, 0.1) is 17.4 Å². The van der Waals surface area contributed by atoms with Gasteiger partial charge in [-0.2, -0.15) is 5.10 Å². The average Bonchev–Trinajstić information content (AvgIpc) is 3.02. The number of aryl methyl sites for hydroxylation is 1. The number of benzene rings is 2. The Morgan fingerprint density at radius 1 is 1.22 bits per heavy atom. The summed E-state index contributed by atoms with van der Waals surface area (Å²) in [5.74, 6) is -0.617. The molecule has 2 aromatic carbocycles. The first-order valence-corrected chi connectivity index (χ1v) is 7.29. The number of hydrogen-bond donors (Lipinski definition) is 1. The van der Waals surface area contributed by atoms with E-state index in [4.69, 9.17) is 11.6 Å². The van der Waals surface area contributed by atoms with Crippen LogP contribution in [0.4, 0.5) is 10.1 Å². The number of carbonyl (C=O) groups excluding carboxylic acids is 1. The zero-order chi connectivity index (χ0) is 16.4. The lowest BCUT2D eigenvalue weighted by Gasteiger charge is -2.05. The first-order valence-electron chi connectivity index (χ1n) is 6.91. The van der Waals surface area contributed by atoms with Gasteiger partial charge >= 0.3 is 0 Å². The Labute approximate surface area is 137 Å². The molecule has 0 aliphatic heterocycles. The zero-order valence-corrected chi connectivity index (χ0v) is 13.0. The highest BCUT2D eigenvalue weighted by Gasteiger charge is 2.10. The zero-order valence-electron chi connectivity index (χ0n) is 12.3. The summed E-state index contributed by atoms with van der Waals surface area (Å²) in [7, 11) is 0. The van der Waals surface area contributed by atoms with E-state index in [1.165, 1.54) is 23.0 Å². The SMILES string of the molecule is Cc1ccc(NC(=O)c2cnn(-c3ccc(F)cc3)c2)cc1Cl. The fourth-order valence-corrected chi connectivity index (χ4v) is 2.23. The van der Waals surface area contributed by atoms with Crippen molar-refractivity contribution < 1.29 is 9.18 Å². The van der Waals surface area contributed by atoms with E-state index in [2.05, 4.69) is 10.4 Å². The van der Waals surface area contributed by atoms with Gasteiger partial charge in [0.1, 0.15) is 5.82 Å². The van der Waals surface area contributed by atoms with Crippen LogP contribution in [0.3, 0.4) is 0 Å². The Balaban J connectivity index is 1.78. The van der Waals surface area contributed by atoms with Gasteiger partial charge in [-0.05, 0) is 48.9 Å². The number of anilines is 1. The molecule has 23 heavy (non-hydrogen) atoms. The molecule has 0 aliphatic carbocycles. The number of nitrogens with one attached hydrogen (secondary N) is 1. The molecule has 1 aromatic heterocycles. The highest BCUT2D eigenvalue weighted by Crippen LogP contribution is 2.20. The summed E-state index contributed by atoms with van der Waals surface area (Å²) < 4.78 is 14.4. The van der Waals surface area contributed by atoms with Crippen LogP contribution in [-0.2, 0) is 0 Å². The Morgan fingerprint density at radius 2 is 1.96 bits per heavy atom. The number of amides is 1. The van der Waals surface area contributed by atoms with Gasteiger partial charge in [-0.25, -0.2) is 9.07 Å². The highest BCUT2D eigenvalue weighted by atomic mass is 35.5. The minimum atomic E-state index is -0.324. The summed E-state index contributed by atoms with van der Waals surface area (Å²) in [5.41, 5.74) is 2.61.